The van der Waals surface area contributed by atoms with Crippen molar-refractivity contribution in [1.29, 1.82) is 0 Å². The van der Waals surface area contributed by atoms with Crippen molar-refractivity contribution in [3.63, 3.8) is 0 Å². The van der Waals surface area contributed by atoms with Crippen molar-refractivity contribution >= 4 is 11.6 Å². The van der Waals surface area contributed by atoms with Crippen LogP contribution in [0.15, 0.2) is 24.3 Å². The maximum Gasteiger partial charge on any atom is 0.269 e. The maximum atomic E-state index is 11.4. The van der Waals surface area contributed by atoms with Crippen LogP contribution in [0.4, 0.5) is 5.69 Å². The number of carbonyl (C=O) groups is 1. The van der Waals surface area contributed by atoms with Gasteiger partial charge in [0.25, 0.3) is 5.69 Å². The lowest BCUT2D eigenvalue weighted by molar-refractivity contribution is -0.384. The molecule has 16 heavy (non-hydrogen) atoms. The van der Waals surface area contributed by atoms with Gasteiger partial charge in [-0.2, -0.15) is 0 Å². The number of nitrogens with zero attached hydrogens (tertiary/aromatic N) is 2. The topological polar surface area (TPSA) is 75.5 Å². The van der Waals surface area contributed by atoms with E-state index in [9.17, 15) is 14.9 Å². The van der Waals surface area contributed by atoms with Gasteiger partial charge in [0, 0.05) is 26.2 Å². The molecule has 0 atom stereocenters. The monoisotopic (exact) mass is 223 g/mol. The number of benzene rings is 1. The Balaban J connectivity index is 2.62. The van der Waals surface area contributed by atoms with Gasteiger partial charge >= 0.3 is 0 Å². The van der Waals surface area contributed by atoms with Crippen LogP contribution in [-0.2, 0) is 11.2 Å². The molecule has 1 aromatic carbocycles. The highest BCUT2D eigenvalue weighted by atomic mass is 16.6. The zero-order valence-corrected chi connectivity index (χ0v) is 9.14. The number of hydrogen-bond acceptors (Lipinski definition) is 4. The number of nitro benzene ring substituents is 1. The normalized spacial score (nSPS) is 10.2. The summed E-state index contributed by atoms with van der Waals surface area (Å²) in [5.74, 6) is -0.154. The van der Waals surface area contributed by atoms with Crippen molar-refractivity contribution in [2.75, 3.05) is 14.1 Å². The molecule has 0 aliphatic heterocycles. The molecule has 0 saturated heterocycles. The van der Waals surface area contributed by atoms with Gasteiger partial charge in [0.2, 0.25) is 5.91 Å². The van der Waals surface area contributed by atoms with Gasteiger partial charge in [-0.25, -0.2) is 5.01 Å². The first-order valence-corrected chi connectivity index (χ1v) is 4.69. The molecule has 1 N–H and O–H groups in total. The summed E-state index contributed by atoms with van der Waals surface area (Å²) in [6.07, 6.45) is 0.205. The minimum atomic E-state index is -0.469. The van der Waals surface area contributed by atoms with Crippen molar-refractivity contribution in [2.24, 2.45) is 0 Å². The van der Waals surface area contributed by atoms with Gasteiger partial charge in [0.05, 0.1) is 11.3 Å². The van der Waals surface area contributed by atoms with E-state index in [4.69, 9.17) is 0 Å². The van der Waals surface area contributed by atoms with Crippen molar-refractivity contribution < 1.29 is 9.72 Å². The smallest absolute Gasteiger partial charge is 0.269 e. The molecule has 6 nitrogen and oxygen atoms in total. The molecule has 0 saturated carbocycles. The first-order valence-electron chi connectivity index (χ1n) is 4.69. The average molecular weight is 223 g/mol. The molecule has 0 heterocycles. The minimum Gasteiger partial charge on any atom is -0.289 e. The fourth-order valence-electron chi connectivity index (χ4n) is 1.21. The second-order valence-electron chi connectivity index (χ2n) is 3.53. The van der Waals surface area contributed by atoms with Crippen molar-refractivity contribution in [3.05, 3.63) is 39.9 Å². The lowest BCUT2D eigenvalue weighted by Gasteiger charge is -2.11. The summed E-state index contributed by atoms with van der Waals surface area (Å²) in [6, 6.07) is 5.93. The van der Waals surface area contributed by atoms with Crippen LogP contribution in [0.25, 0.3) is 0 Å². The molecule has 0 bridgehead atoms. The Bertz CT molecular complexity index is 387. The van der Waals surface area contributed by atoms with Crippen LogP contribution in [0.1, 0.15) is 5.56 Å². The lowest BCUT2D eigenvalue weighted by atomic mass is 10.1. The second kappa shape index (κ2) is 5.22. The molecular weight excluding hydrogens is 210 g/mol. The maximum absolute atomic E-state index is 11.4. The summed E-state index contributed by atoms with van der Waals surface area (Å²) in [5.41, 5.74) is 3.35. The SMILES string of the molecule is CN(C)NC(=O)Cc1ccc([N+](=O)[O-])cc1. The summed E-state index contributed by atoms with van der Waals surface area (Å²) in [4.78, 5) is 21.3. The van der Waals surface area contributed by atoms with E-state index in [1.165, 1.54) is 12.1 Å². The van der Waals surface area contributed by atoms with Crippen LogP contribution in [0.2, 0.25) is 0 Å². The predicted octanol–water partition coefficient (Wildman–Crippen LogP) is 0.730. The standard InChI is InChI=1S/C10H13N3O3/c1-12(2)11-10(14)7-8-3-5-9(6-4-8)13(15)16/h3-6H,7H2,1-2H3,(H,11,14). The lowest BCUT2D eigenvalue weighted by Crippen LogP contribution is -2.37. The number of rotatable bonds is 4. The summed E-state index contributed by atoms with van der Waals surface area (Å²) in [6.45, 7) is 0. The molecule has 0 fully saturated rings. The van der Waals surface area contributed by atoms with E-state index in [-0.39, 0.29) is 18.0 Å². The molecule has 0 aliphatic carbocycles. The van der Waals surface area contributed by atoms with Crippen LogP contribution in [0.5, 0.6) is 0 Å². The Morgan fingerprint density at radius 2 is 1.94 bits per heavy atom. The highest BCUT2D eigenvalue weighted by Gasteiger charge is 2.07. The Morgan fingerprint density at radius 3 is 2.38 bits per heavy atom. The molecule has 0 aromatic heterocycles. The quantitative estimate of drug-likeness (QED) is 0.603. The first kappa shape index (κ1) is 12.1. The molecule has 0 radical (unpaired) electrons. The van der Waals surface area contributed by atoms with Crippen LogP contribution in [-0.4, -0.2) is 29.9 Å². The third-order valence-electron chi connectivity index (χ3n) is 1.86. The number of non-ortho nitro benzene ring substituents is 1. The number of amides is 1. The van der Waals surface area contributed by atoms with Gasteiger partial charge in [-0.15, -0.1) is 0 Å². The van der Waals surface area contributed by atoms with Gasteiger partial charge in [0.1, 0.15) is 0 Å². The largest absolute Gasteiger partial charge is 0.289 e. The summed E-state index contributed by atoms with van der Waals surface area (Å²) in [7, 11) is 3.43. The van der Waals surface area contributed by atoms with Gasteiger partial charge in [-0.3, -0.25) is 20.3 Å². The number of hydrogen-bond donors (Lipinski definition) is 1. The summed E-state index contributed by atoms with van der Waals surface area (Å²) < 4.78 is 0. The fourth-order valence-corrected chi connectivity index (χ4v) is 1.21. The van der Waals surface area contributed by atoms with E-state index in [2.05, 4.69) is 5.43 Å². The first-order chi connectivity index (χ1) is 7.49. The molecule has 0 aliphatic rings. The van der Waals surface area contributed by atoms with Crippen molar-refractivity contribution in [1.82, 2.24) is 10.4 Å². The molecule has 0 unspecified atom stereocenters. The van der Waals surface area contributed by atoms with Gasteiger partial charge in [0.15, 0.2) is 0 Å². The Kier molecular flexibility index (Phi) is 3.96. The minimum absolute atomic E-state index is 0.0248. The van der Waals surface area contributed by atoms with E-state index in [1.54, 1.807) is 31.2 Å². The van der Waals surface area contributed by atoms with E-state index >= 15 is 0 Å². The van der Waals surface area contributed by atoms with Gasteiger partial charge in [-0.1, -0.05) is 12.1 Å². The number of hydrazine groups is 1. The predicted molar refractivity (Wildman–Crippen MR) is 58.6 cm³/mol. The summed E-state index contributed by atoms with van der Waals surface area (Å²) in [5, 5.41) is 11.9. The van der Waals surface area contributed by atoms with Crippen molar-refractivity contribution in [3.8, 4) is 0 Å². The number of carbonyl (C=O) groups excluding carboxylic acids is 1. The third kappa shape index (κ3) is 3.66. The third-order valence-corrected chi connectivity index (χ3v) is 1.86. The van der Waals surface area contributed by atoms with Crippen LogP contribution < -0.4 is 5.43 Å². The van der Waals surface area contributed by atoms with Crippen LogP contribution in [0, 0.1) is 10.1 Å². The van der Waals surface area contributed by atoms with Crippen LogP contribution >= 0.6 is 0 Å². The Morgan fingerprint density at radius 1 is 1.38 bits per heavy atom. The molecule has 0 spiro atoms. The van der Waals surface area contributed by atoms with E-state index < -0.39 is 4.92 Å². The van der Waals surface area contributed by atoms with E-state index in [1.807, 2.05) is 0 Å². The second-order valence-corrected chi connectivity index (χ2v) is 3.53. The zero-order valence-electron chi connectivity index (χ0n) is 9.14. The molecular formula is C10H13N3O3. The molecule has 6 heteroatoms. The molecule has 1 aromatic rings. The fraction of sp³-hybridized carbons (Fsp3) is 0.300. The summed E-state index contributed by atoms with van der Waals surface area (Å²) >= 11 is 0. The van der Waals surface area contributed by atoms with Crippen molar-refractivity contribution in [2.45, 2.75) is 6.42 Å². The Labute approximate surface area is 93.0 Å². The zero-order chi connectivity index (χ0) is 12.1. The number of nitrogens with one attached hydrogen (secondary N) is 1. The average Bonchev–Trinajstić information content (AvgIpc) is 2.16. The van der Waals surface area contributed by atoms with E-state index in [0.717, 1.165) is 5.56 Å². The van der Waals surface area contributed by atoms with Gasteiger partial charge in [-0.05, 0) is 5.56 Å². The Hall–Kier alpha value is -1.95. The highest BCUT2D eigenvalue weighted by Crippen LogP contribution is 2.12. The van der Waals surface area contributed by atoms with Crippen LogP contribution in [0.3, 0.4) is 0 Å². The molecule has 1 amide bonds. The molecule has 1 rings (SSSR count). The number of nitro groups is 1. The highest BCUT2D eigenvalue weighted by molar-refractivity contribution is 5.78. The molecule has 86 valence electrons. The van der Waals surface area contributed by atoms with E-state index in [0.29, 0.717) is 0 Å². The van der Waals surface area contributed by atoms with Gasteiger partial charge < -0.3 is 0 Å².